The van der Waals surface area contributed by atoms with Crippen molar-refractivity contribution < 1.29 is 0 Å². The van der Waals surface area contributed by atoms with Gasteiger partial charge in [0.1, 0.15) is 0 Å². The first-order chi connectivity index (χ1) is 8.95. The van der Waals surface area contributed by atoms with E-state index in [1.165, 1.54) is 24.2 Å². The minimum atomic E-state index is 0.412. The fraction of sp³-hybridized carbons (Fsp3) is 0.250. The maximum atomic E-state index is 3.58. The summed E-state index contributed by atoms with van der Waals surface area (Å²) < 4.78 is 0. The van der Waals surface area contributed by atoms with Crippen molar-refractivity contribution in [3.8, 4) is 0 Å². The highest BCUT2D eigenvalue weighted by molar-refractivity contribution is 5.63. The second-order valence-electron chi connectivity index (χ2n) is 4.65. The molecular weight excluding hydrogens is 220 g/mol. The molecule has 0 saturated carbocycles. The monoisotopic (exact) mass is 238 g/mol. The van der Waals surface area contributed by atoms with Crippen LogP contribution in [0, 0.1) is 0 Å². The standard InChI is InChI=1S/C16H18N2/c1-3-8-14(9-4-1)18(16-12-7-13-17-16)15-10-5-2-6-11-15/h1-6,8-11,16-17H,7,12-13H2. The second kappa shape index (κ2) is 5.23. The molecule has 1 saturated heterocycles. The van der Waals surface area contributed by atoms with E-state index in [4.69, 9.17) is 0 Å². The Morgan fingerprint density at radius 3 is 1.83 bits per heavy atom. The molecule has 2 aromatic rings. The summed E-state index contributed by atoms with van der Waals surface area (Å²) in [5, 5.41) is 3.58. The van der Waals surface area contributed by atoms with Crippen LogP contribution in [0.2, 0.25) is 0 Å². The maximum absolute atomic E-state index is 3.58. The smallest absolute Gasteiger partial charge is 0.0845 e. The highest BCUT2D eigenvalue weighted by Gasteiger charge is 2.23. The van der Waals surface area contributed by atoms with Gasteiger partial charge in [-0.05, 0) is 43.7 Å². The quantitative estimate of drug-likeness (QED) is 0.880. The van der Waals surface area contributed by atoms with Crippen molar-refractivity contribution in [2.45, 2.75) is 19.0 Å². The molecule has 3 rings (SSSR count). The van der Waals surface area contributed by atoms with E-state index in [-0.39, 0.29) is 0 Å². The zero-order chi connectivity index (χ0) is 12.2. The summed E-state index contributed by atoms with van der Waals surface area (Å²) in [6, 6.07) is 21.2. The van der Waals surface area contributed by atoms with Crippen LogP contribution in [0.4, 0.5) is 11.4 Å². The molecule has 18 heavy (non-hydrogen) atoms. The van der Waals surface area contributed by atoms with Gasteiger partial charge < -0.3 is 4.90 Å². The molecule has 0 aromatic heterocycles. The molecule has 1 aliphatic heterocycles. The van der Waals surface area contributed by atoms with Gasteiger partial charge in [-0.2, -0.15) is 0 Å². The average Bonchev–Trinajstić information content (AvgIpc) is 2.95. The van der Waals surface area contributed by atoms with Crippen LogP contribution in [0.1, 0.15) is 12.8 Å². The molecule has 0 radical (unpaired) electrons. The summed E-state index contributed by atoms with van der Waals surface area (Å²) in [5.74, 6) is 0. The molecule has 92 valence electrons. The van der Waals surface area contributed by atoms with Gasteiger partial charge in [0.15, 0.2) is 0 Å². The van der Waals surface area contributed by atoms with Crippen LogP contribution in [-0.4, -0.2) is 12.7 Å². The lowest BCUT2D eigenvalue weighted by molar-refractivity contribution is 0.614. The van der Waals surface area contributed by atoms with Crippen molar-refractivity contribution in [2.24, 2.45) is 0 Å². The van der Waals surface area contributed by atoms with Gasteiger partial charge in [0, 0.05) is 11.4 Å². The summed E-state index contributed by atoms with van der Waals surface area (Å²) in [4.78, 5) is 2.40. The maximum Gasteiger partial charge on any atom is 0.0845 e. The van der Waals surface area contributed by atoms with E-state index in [1.807, 2.05) is 0 Å². The van der Waals surface area contributed by atoms with E-state index in [2.05, 4.69) is 70.9 Å². The van der Waals surface area contributed by atoms with Crippen LogP contribution in [0.15, 0.2) is 60.7 Å². The van der Waals surface area contributed by atoms with Crippen LogP contribution in [-0.2, 0) is 0 Å². The average molecular weight is 238 g/mol. The number of nitrogens with zero attached hydrogens (tertiary/aromatic N) is 1. The summed E-state index contributed by atoms with van der Waals surface area (Å²) in [5.41, 5.74) is 2.51. The molecule has 0 aliphatic carbocycles. The number of hydrogen-bond donors (Lipinski definition) is 1. The third-order valence-corrected chi connectivity index (χ3v) is 3.41. The molecule has 1 atom stereocenters. The molecule has 1 unspecified atom stereocenters. The van der Waals surface area contributed by atoms with E-state index in [1.54, 1.807) is 0 Å². The van der Waals surface area contributed by atoms with Crippen molar-refractivity contribution in [3.05, 3.63) is 60.7 Å². The van der Waals surface area contributed by atoms with Gasteiger partial charge in [0.2, 0.25) is 0 Å². The van der Waals surface area contributed by atoms with Gasteiger partial charge in [-0.25, -0.2) is 0 Å². The summed E-state index contributed by atoms with van der Waals surface area (Å²) in [6.07, 6.45) is 2.86. The van der Waals surface area contributed by atoms with E-state index < -0.39 is 0 Å². The minimum absolute atomic E-state index is 0.412. The Bertz CT molecular complexity index is 435. The van der Waals surface area contributed by atoms with Crippen LogP contribution in [0.3, 0.4) is 0 Å². The molecule has 0 bridgehead atoms. The lowest BCUT2D eigenvalue weighted by Crippen LogP contribution is -2.38. The van der Waals surface area contributed by atoms with Crippen molar-refractivity contribution in [1.29, 1.82) is 0 Å². The van der Waals surface area contributed by atoms with E-state index in [0.29, 0.717) is 6.17 Å². The predicted octanol–water partition coefficient (Wildman–Crippen LogP) is 3.53. The zero-order valence-corrected chi connectivity index (χ0v) is 10.4. The number of para-hydroxylation sites is 2. The van der Waals surface area contributed by atoms with Gasteiger partial charge in [-0.3, -0.25) is 5.32 Å². The zero-order valence-electron chi connectivity index (χ0n) is 10.4. The Hall–Kier alpha value is -1.80. The second-order valence-corrected chi connectivity index (χ2v) is 4.65. The van der Waals surface area contributed by atoms with Crippen molar-refractivity contribution in [1.82, 2.24) is 5.32 Å². The van der Waals surface area contributed by atoms with E-state index in [0.717, 1.165) is 6.54 Å². The fourth-order valence-electron chi connectivity index (χ4n) is 2.57. The first kappa shape index (κ1) is 11.3. The van der Waals surface area contributed by atoms with Crippen LogP contribution in [0.5, 0.6) is 0 Å². The topological polar surface area (TPSA) is 15.3 Å². The van der Waals surface area contributed by atoms with E-state index >= 15 is 0 Å². The number of benzene rings is 2. The highest BCUT2D eigenvalue weighted by atomic mass is 15.3. The first-order valence-corrected chi connectivity index (χ1v) is 6.58. The number of hydrogen-bond acceptors (Lipinski definition) is 2. The molecule has 0 amide bonds. The molecule has 0 spiro atoms. The SMILES string of the molecule is c1ccc(N(c2ccccc2)C2CCCN2)cc1. The molecule has 2 aromatic carbocycles. The molecule has 1 heterocycles. The Labute approximate surface area is 108 Å². The third-order valence-electron chi connectivity index (χ3n) is 3.41. The van der Waals surface area contributed by atoms with Gasteiger partial charge in [-0.1, -0.05) is 36.4 Å². The molecule has 1 aliphatic rings. The third kappa shape index (κ3) is 2.24. The minimum Gasteiger partial charge on any atom is -0.325 e. The molecule has 2 heteroatoms. The van der Waals surface area contributed by atoms with Gasteiger partial charge in [0.25, 0.3) is 0 Å². The van der Waals surface area contributed by atoms with Crippen molar-refractivity contribution >= 4 is 11.4 Å². The lowest BCUT2D eigenvalue weighted by atomic mass is 10.2. The normalized spacial score (nSPS) is 18.8. The molecule has 1 N–H and O–H groups in total. The predicted molar refractivity (Wildman–Crippen MR) is 76.0 cm³/mol. The Kier molecular flexibility index (Phi) is 3.29. The summed E-state index contributed by atoms with van der Waals surface area (Å²) in [6.45, 7) is 1.11. The van der Waals surface area contributed by atoms with Crippen molar-refractivity contribution in [2.75, 3.05) is 11.4 Å². The van der Waals surface area contributed by atoms with Crippen LogP contribution in [0.25, 0.3) is 0 Å². The van der Waals surface area contributed by atoms with Crippen LogP contribution >= 0.6 is 0 Å². The Morgan fingerprint density at radius 1 is 0.833 bits per heavy atom. The largest absolute Gasteiger partial charge is 0.325 e. The highest BCUT2D eigenvalue weighted by Crippen LogP contribution is 2.29. The Balaban J connectivity index is 1.98. The van der Waals surface area contributed by atoms with E-state index in [9.17, 15) is 0 Å². The Morgan fingerprint density at radius 2 is 1.39 bits per heavy atom. The lowest BCUT2D eigenvalue weighted by Gasteiger charge is -2.31. The van der Waals surface area contributed by atoms with Gasteiger partial charge >= 0.3 is 0 Å². The summed E-state index contributed by atoms with van der Waals surface area (Å²) >= 11 is 0. The number of anilines is 2. The van der Waals surface area contributed by atoms with Gasteiger partial charge in [0.05, 0.1) is 6.17 Å². The fourth-order valence-corrected chi connectivity index (χ4v) is 2.57. The molecule has 2 nitrogen and oxygen atoms in total. The first-order valence-electron chi connectivity index (χ1n) is 6.58. The summed E-state index contributed by atoms with van der Waals surface area (Å²) in [7, 11) is 0. The molecule has 1 fully saturated rings. The van der Waals surface area contributed by atoms with Gasteiger partial charge in [-0.15, -0.1) is 0 Å². The van der Waals surface area contributed by atoms with Crippen molar-refractivity contribution in [3.63, 3.8) is 0 Å². The molecular formula is C16H18N2. The number of nitrogens with one attached hydrogen (secondary N) is 1. The number of rotatable bonds is 3. The van der Waals surface area contributed by atoms with Crippen LogP contribution < -0.4 is 10.2 Å².